The molecule has 0 aliphatic heterocycles. The van der Waals surface area contributed by atoms with Crippen LogP contribution in [0.3, 0.4) is 0 Å². The number of ketones is 1. The molecule has 0 aliphatic rings. The first-order valence-corrected chi connectivity index (χ1v) is 12.9. The van der Waals surface area contributed by atoms with E-state index in [0.29, 0.717) is 30.8 Å². The van der Waals surface area contributed by atoms with Crippen molar-refractivity contribution < 1.29 is 19.2 Å². The van der Waals surface area contributed by atoms with Crippen LogP contribution in [-0.4, -0.2) is 39.3 Å². The Labute approximate surface area is 232 Å². The summed E-state index contributed by atoms with van der Waals surface area (Å²) in [4.78, 5) is 49.7. The van der Waals surface area contributed by atoms with Gasteiger partial charge in [-0.15, -0.1) is 0 Å². The summed E-state index contributed by atoms with van der Waals surface area (Å²) in [5, 5.41) is 10.0. The first-order chi connectivity index (χ1) is 19.3. The fourth-order valence-electron chi connectivity index (χ4n) is 4.27. The fourth-order valence-corrected chi connectivity index (χ4v) is 4.27. The average molecular weight is 538 g/mol. The summed E-state index contributed by atoms with van der Waals surface area (Å²) in [7, 11) is 0. The van der Waals surface area contributed by atoms with Crippen LogP contribution in [0.25, 0.3) is 5.69 Å². The van der Waals surface area contributed by atoms with Crippen LogP contribution in [0, 0.1) is 6.92 Å². The number of hydrogen-bond acceptors (Lipinski definition) is 5. The molecule has 1 unspecified atom stereocenters. The third-order valence-electron chi connectivity index (χ3n) is 6.37. The number of aryl methyl sites for hydroxylation is 2. The minimum atomic E-state index is -1.12. The summed E-state index contributed by atoms with van der Waals surface area (Å²) in [6, 6.07) is 26.7. The highest BCUT2D eigenvalue weighted by Gasteiger charge is 2.27. The van der Waals surface area contributed by atoms with E-state index in [-0.39, 0.29) is 18.0 Å². The van der Waals surface area contributed by atoms with Crippen molar-refractivity contribution in [2.45, 2.75) is 38.8 Å². The van der Waals surface area contributed by atoms with Crippen LogP contribution < -0.4 is 16.4 Å². The van der Waals surface area contributed by atoms with Crippen molar-refractivity contribution in [2.75, 3.05) is 0 Å². The Morgan fingerprint density at radius 2 is 1.48 bits per heavy atom. The number of Topliss-reactive ketones (excluding diaryl/α,β-unsaturated/α-hetero) is 1. The first kappa shape index (κ1) is 28.0. The molecular weight excluding hydrogens is 506 g/mol. The lowest BCUT2D eigenvalue weighted by atomic mass is 10.0. The zero-order valence-corrected chi connectivity index (χ0v) is 22.2. The predicted octanol–water partition coefficient (Wildman–Crippen LogP) is 2.83. The van der Waals surface area contributed by atoms with E-state index >= 15 is 0 Å². The molecule has 4 N–H and O–H groups in total. The van der Waals surface area contributed by atoms with Crippen molar-refractivity contribution in [3.8, 4) is 5.69 Å². The van der Waals surface area contributed by atoms with E-state index in [1.165, 1.54) is 4.68 Å². The first-order valence-electron chi connectivity index (χ1n) is 12.9. The molecule has 1 heterocycles. The molecule has 0 saturated carbocycles. The number of carbonyl (C=O) groups excluding carboxylic acids is 4. The maximum absolute atomic E-state index is 13.3. The van der Waals surface area contributed by atoms with Gasteiger partial charge in [0, 0.05) is 19.4 Å². The molecule has 4 aromatic rings. The summed E-state index contributed by atoms with van der Waals surface area (Å²) >= 11 is 0. The van der Waals surface area contributed by atoms with Crippen LogP contribution >= 0.6 is 0 Å². The fraction of sp³-hybridized carbons (Fsp3) is 0.194. The molecule has 9 heteroatoms. The summed E-state index contributed by atoms with van der Waals surface area (Å²) in [5.41, 5.74) is 9.45. The number of benzene rings is 3. The molecule has 3 aromatic carbocycles. The van der Waals surface area contributed by atoms with Crippen molar-refractivity contribution in [2.24, 2.45) is 5.73 Å². The van der Waals surface area contributed by atoms with Crippen LogP contribution in [0.1, 0.15) is 39.3 Å². The molecule has 0 aliphatic carbocycles. The van der Waals surface area contributed by atoms with E-state index in [1.54, 1.807) is 49.4 Å². The second kappa shape index (κ2) is 13.1. The molecule has 0 bridgehead atoms. The Bertz CT molecular complexity index is 1480. The highest BCUT2D eigenvalue weighted by molar-refractivity contribution is 6.38. The van der Waals surface area contributed by atoms with Gasteiger partial charge in [-0.05, 0) is 48.2 Å². The second-order valence-electron chi connectivity index (χ2n) is 9.46. The highest BCUT2D eigenvalue weighted by Crippen LogP contribution is 2.15. The van der Waals surface area contributed by atoms with Crippen molar-refractivity contribution in [3.05, 3.63) is 119 Å². The number of rotatable bonds is 12. The number of nitrogens with two attached hydrogens (primary N) is 1. The standard InChI is InChI=1S/C31H31N5O4/c1-21-18-27(31(40)34-26(29(38)30(32)39)19-23-10-6-3-7-11-23)36(35-21)25-15-12-24(13-16-25)20-33-28(37)17-14-22-8-4-2-5-9-22/h2-13,15-16,18,26H,14,17,19-20H2,1H3,(H2,32,39)(H,33,37)(H,34,40). The number of nitrogens with zero attached hydrogens (tertiary/aromatic N) is 2. The van der Waals surface area contributed by atoms with Gasteiger partial charge in [0.25, 0.3) is 11.8 Å². The zero-order valence-electron chi connectivity index (χ0n) is 22.2. The quantitative estimate of drug-likeness (QED) is 0.239. The Morgan fingerprint density at radius 1 is 0.850 bits per heavy atom. The van der Waals surface area contributed by atoms with Crippen LogP contribution in [-0.2, 0) is 33.8 Å². The van der Waals surface area contributed by atoms with Crippen molar-refractivity contribution in [3.63, 3.8) is 0 Å². The van der Waals surface area contributed by atoms with Gasteiger partial charge in [0.2, 0.25) is 11.7 Å². The van der Waals surface area contributed by atoms with Gasteiger partial charge in [-0.25, -0.2) is 4.68 Å². The van der Waals surface area contributed by atoms with E-state index < -0.39 is 23.6 Å². The van der Waals surface area contributed by atoms with Gasteiger partial charge in [0.1, 0.15) is 11.7 Å². The van der Waals surface area contributed by atoms with Crippen molar-refractivity contribution >= 4 is 23.5 Å². The monoisotopic (exact) mass is 537 g/mol. The second-order valence-corrected chi connectivity index (χ2v) is 9.46. The third kappa shape index (κ3) is 7.50. The van der Waals surface area contributed by atoms with E-state index in [4.69, 9.17) is 5.73 Å². The van der Waals surface area contributed by atoms with Gasteiger partial charge in [-0.3, -0.25) is 19.2 Å². The molecule has 9 nitrogen and oxygen atoms in total. The molecule has 1 atom stereocenters. The highest BCUT2D eigenvalue weighted by atomic mass is 16.2. The summed E-state index contributed by atoms with van der Waals surface area (Å²) in [6.07, 6.45) is 1.19. The Morgan fingerprint density at radius 3 is 2.10 bits per heavy atom. The lowest BCUT2D eigenvalue weighted by molar-refractivity contribution is -0.137. The van der Waals surface area contributed by atoms with Gasteiger partial charge in [0.15, 0.2) is 0 Å². The Kier molecular flexibility index (Phi) is 9.19. The molecule has 0 fully saturated rings. The normalized spacial score (nSPS) is 11.4. The number of hydrogen-bond donors (Lipinski definition) is 3. The predicted molar refractivity (Wildman–Crippen MR) is 151 cm³/mol. The van der Waals surface area contributed by atoms with Gasteiger partial charge in [0.05, 0.1) is 11.4 Å². The lowest BCUT2D eigenvalue weighted by Crippen LogP contribution is -2.47. The van der Waals surface area contributed by atoms with Crippen LogP contribution in [0.5, 0.6) is 0 Å². The van der Waals surface area contributed by atoms with Gasteiger partial charge in [-0.2, -0.15) is 5.10 Å². The number of primary amides is 1. The van der Waals surface area contributed by atoms with E-state index in [0.717, 1.165) is 16.7 Å². The molecule has 3 amide bonds. The minimum Gasteiger partial charge on any atom is -0.363 e. The molecule has 4 rings (SSSR count). The molecule has 0 spiro atoms. The lowest BCUT2D eigenvalue weighted by Gasteiger charge is -2.17. The molecule has 0 radical (unpaired) electrons. The minimum absolute atomic E-state index is 0.0369. The topological polar surface area (TPSA) is 136 Å². The van der Waals surface area contributed by atoms with Gasteiger partial charge >= 0.3 is 0 Å². The number of amides is 3. The molecule has 0 saturated heterocycles. The molecule has 1 aromatic heterocycles. The van der Waals surface area contributed by atoms with E-state index in [1.807, 2.05) is 48.5 Å². The molecular formula is C31H31N5O4. The number of aromatic nitrogens is 2. The Hall–Kier alpha value is -5.05. The van der Waals surface area contributed by atoms with Crippen LogP contribution in [0.4, 0.5) is 0 Å². The summed E-state index contributed by atoms with van der Waals surface area (Å²) in [6.45, 7) is 2.12. The number of nitrogens with one attached hydrogen (secondary N) is 2. The molecule has 204 valence electrons. The largest absolute Gasteiger partial charge is 0.363 e. The van der Waals surface area contributed by atoms with E-state index in [9.17, 15) is 19.2 Å². The van der Waals surface area contributed by atoms with Crippen molar-refractivity contribution in [1.29, 1.82) is 0 Å². The zero-order chi connectivity index (χ0) is 28.5. The average Bonchev–Trinajstić information content (AvgIpc) is 3.37. The maximum Gasteiger partial charge on any atom is 0.287 e. The molecule has 40 heavy (non-hydrogen) atoms. The third-order valence-corrected chi connectivity index (χ3v) is 6.37. The van der Waals surface area contributed by atoms with Crippen LogP contribution in [0.2, 0.25) is 0 Å². The smallest absolute Gasteiger partial charge is 0.287 e. The van der Waals surface area contributed by atoms with Gasteiger partial charge in [-0.1, -0.05) is 72.8 Å². The van der Waals surface area contributed by atoms with Crippen molar-refractivity contribution in [1.82, 2.24) is 20.4 Å². The SMILES string of the molecule is Cc1cc(C(=O)NC(Cc2ccccc2)C(=O)C(N)=O)n(-c2ccc(CNC(=O)CCc3ccccc3)cc2)n1. The number of carbonyl (C=O) groups is 4. The maximum atomic E-state index is 13.3. The van der Waals surface area contributed by atoms with Crippen LogP contribution in [0.15, 0.2) is 91.0 Å². The summed E-state index contributed by atoms with van der Waals surface area (Å²) < 4.78 is 1.47. The summed E-state index contributed by atoms with van der Waals surface area (Å²) in [5.74, 6) is -2.60. The van der Waals surface area contributed by atoms with Gasteiger partial charge < -0.3 is 16.4 Å². The van der Waals surface area contributed by atoms with E-state index in [2.05, 4.69) is 15.7 Å². The Balaban J connectivity index is 1.41.